The van der Waals surface area contributed by atoms with E-state index in [2.05, 4.69) is 4.42 Å². The quantitative estimate of drug-likeness (QED) is 0.644. The van der Waals surface area contributed by atoms with Crippen LogP contribution in [-0.2, 0) is 0 Å². The Labute approximate surface area is 62.1 Å². The third-order valence-electron chi connectivity index (χ3n) is 1.22. The summed E-state index contributed by atoms with van der Waals surface area (Å²) in [5.74, 6) is -1.57. The van der Waals surface area contributed by atoms with E-state index < -0.39 is 5.97 Å². The average Bonchev–Trinajstić information content (AvgIpc) is 1.94. The summed E-state index contributed by atoms with van der Waals surface area (Å²) >= 11 is 0. The van der Waals surface area contributed by atoms with E-state index in [1.54, 1.807) is 6.92 Å². The monoisotopic (exact) mass is 154 g/mol. The molecule has 0 spiro atoms. The first-order valence-corrected chi connectivity index (χ1v) is 2.94. The molecule has 1 aromatic heterocycles. The Kier molecular flexibility index (Phi) is 1.76. The van der Waals surface area contributed by atoms with Crippen LogP contribution in [0.5, 0.6) is 0 Å². The highest BCUT2D eigenvalue weighted by Gasteiger charge is 2.06. The predicted octanol–water partition coefficient (Wildman–Crippen LogP) is 0.646. The molecule has 0 aliphatic rings. The van der Waals surface area contributed by atoms with Gasteiger partial charge in [-0.3, -0.25) is 4.79 Å². The molecule has 0 amide bonds. The molecule has 58 valence electrons. The van der Waals surface area contributed by atoms with Crippen LogP contribution in [0.25, 0.3) is 0 Å². The number of hydrogen-bond acceptors (Lipinski definition) is 3. The molecule has 0 radical (unpaired) electrons. The predicted molar refractivity (Wildman–Crippen MR) is 36.7 cm³/mol. The maximum absolute atomic E-state index is 10.8. The van der Waals surface area contributed by atoms with Gasteiger partial charge in [0.05, 0.1) is 6.26 Å². The number of carbonyl (C=O) groups is 1. The fourth-order valence-electron chi connectivity index (χ4n) is 0.589. The van der Waals surface area contributed by atoms with Crippen LogP contribution in [-0.4, -0.2) is 11.1 Å². The number of carboxylic acids is 1. The lowest BCUT2D eigenvalue weighted by Gasteiger charge is -1.92. The number of aryl methyl sites for hydroxylation is 1. The molecule has 0 aliphatic heterocycles. The SMILES string of the molecule is Cc1coc(C(=O)O)cc1=O. The van der Waals surface area contributed by atoms with Crippen LogP contribution >= 0.6 is 0 Å². The molecule has 0 saturated heterocycles. The Morgan fingerprint density at radius 2 is 2.27 bits per heavy atom. The third kappa shape index (κ3) is 1.46. The Balaban J connectivity index is 3.26. The van der Waals surface area contributed by atoms with Crippen LogP contribution in [0.3, 0.4) is 0 Å². The van der Waals surface area contributed by atoms with E-state index in [-0.39, 0.29) is 11.2 Å². The zero-order chi connectivity index (χ0) is 8.43. The van der Waals surface area contributed by atoms with E-state index in [1.807, 2.05) is 0 Å². The van der Waals surface area contributed by atoms with Gasteiger partial charge in [-0.25, -0.2) is 4.79 Å². The topological polar surface area (TPSA) is 67.5 Å². The van der Waals surface area contributed by atoms with Gasteiger partial charge in [0.25, 0.3) is 0 Å². The van der Waals surface area contributed by atoms with Crippen LogP contribution in [0.15, 0.2) is 21.5 Å². The first-order valence-electron chi connectivity index (χ1n) is 2.94. The Morgan fingerprint density at radius 3 is 2.73 bits per heavy atom. The van der Waals surface area contributed by atoms with Gasteiger partial charge in [-0.15, -0.1) is 0 Å². The van der Waals surface area contributed by atoms with Gasteiger partial charge in [0.1, 0.15) is 0 Å². The molecule has 11 heavy (non-hydrogen) atoms. The van der Waals surface area contributed by atoms with Crippen molar-refractivity contribution in [1.82, 2.24) is 0 Å². The summed E-state index contributed by atoms with van der Waals surface area (Å²) in [5.41, 5.74) is 0.0728. The number of carboxylic acid groups (broad SMARTS) is 1. The van der Waals surface area contributed by atoms with Crippen molar-refractivity contribution in [3.63, 3.8) is 0 Å². The summed E-state index contributed by atoms with van der Waals surface area (Å²) in [6.07, 6.45) is 1.13. The van der Waals surface area contributed by atoms with Crippen LogP contribution in [0.1, 0.15) is 16.1 Å². The molecule has 4 nitrogen and oxygen atoms in total. The van der Waals surface area contributed by atoms with Gasteiger partial charge >= 0.3 is 5.97 Å². The molecule has 1 rings (SSSR count). The maximum atomic E-state index is 10.8. The molecule has 0 saturated carbocycles. The summed E-state index contributed by atoms with van der Waals surface area (Å²) < 4.78 is 4.60. The molecule has 0 bridgehead atoms. The lowest BCUT2D eigenvalue weighted by atomic mass is 10.3. The lowest BCUT2D eigenvalue weighted by Crippen LogP contribution is -2.07. The largest absolute Gasteiger partial charge is 0.475 e. The fraction of sp³-hybridized carbons (Fsp3) is 0.143. The van der Waals surface area contributed by atoms with Crippen LogP contribution in [0, 0.1) is 6.92 Å². The zero-order valence-electron chi connectivity index (χ0n) is 5.83. The van der Waals surface area contributed by atoms with Crippen molar-refractivity contribution in [3.05, 3.63) is 33.9 Å². The minimum atomic E-state index is -1.23. The molecule has 1 N–H and O–H groups in total. The van der Waals surface area contributed by atoms with Gasteiger partial charge in [0, 0.05) is 11.6 Å². The summed E-state index contributed by atoms with van der Waals surface area (Å²) in [7, 11) is 0. The van der Waals surface area contributed by atoms with Gasteiger partial charge in [-0.05, 0) is 6.92 Å². The summed E-state index contributed by atoms with van der Waals surface area (Å²) in [6.45, 7) is 1.55. The number of rotatable bonds is 1. The van der Waals surface area contributed by atoms with Crippen molar-refractivity contribution in [2.45, 2.75) is 6.92 Å². The van der Waals surface area contributed by atoms with E-state index in [4.69, 9.17) is 5.11 Å². The van der Waals surface area contributed by atoms with E-state index in [9.17, 15) is 9.59 Å². The maximum Gasteiger partial charge on any atom is 0.371 e. The minimum Gasteiger partial charge on any atom is -0.475 e. The van der Waals surface area contributed by atoms with E-state index >= 15 is 0 Å². The average molecular weight is 154 g/mol. The normalized spacial score (nSPS) is 9.55. The molecule has 0 aromatic carbocycles. The highest BCUT2D eigenvalue weighted by molar-refractivity contribution is 5.83. The standard InChI is InChI=1S/C7H6O4/c1-4-3-11-6(7(9)10)2-5(4)8/h2-3H,1H3,(H,9,10). The molecular weight excluding hydrogens is 148 g/mol. The Bertz CT molecular complexity index is 337. The molecular formula is C7H6O4. The Morgan fingerprint density at radius 1 is 1.64 bits per heavy atom. The highest BCUT2D eigenvalue weighted by Crippen LogP contribution is 1.96. The zero-order valence-corrected chi connectivity index (χ0v) is 5.83. The van der Waals surface area contributed by atoms with Gasteiger partial charge in [0.2, 0.25) is 5.76 Å². The van der Waals surface area contributed by atoms with E-state index in [0.717, 1.165) is 12.3 Å². The second kappa shape index (κ2) is 2.57. The first-order chi connectivity index (χ1) is 5.11. The third-order valence-corrected chi connectivity index (χ3v) is 1.22. The summed E-state index contributed by atoms with van der Waals surface area (Å²) in [6, 6.07) is 0.956. The second-order valence-electron chi connectivity index (χ2n) is 2.10. The van der Waals surface area contributed by atoms with Crippen molar-refractivity contribution in [2.24, 2.45) is 0 Å². The lowest BCUT2D eigenvalue weighted by molar-refractivity contribution is 0.0659. The Hall–Kier alpha value is -1.58. The fourth-order valence-corrected chi connectivity index (χ4v) is 0.589. The van der Waals surface area contributed by atoms with Crippen LogP contribution in [0.2, 0.25) is 0 Å². The first kappa shape index (κ1) is 7.53. The van der Waals surface area contributed by atoms with Crippen molar-refractivity contribution in [2.75, 3.05) is 0 Å². The van der Waals surface area contributed by atoms with Gasteiger partial charge < -0.3 is 9.52 Å². The van der Waals surface area contributed by atoms with E-state index in [1.165, 1.54) is 0 Å². The van der Waals surface area contributed by atoms with Crippen molar-refractivity contribution in [3.8, 4) is 0 Å². The molecule has 4 heteroatoms. The summed E-state index contributed by atoms with van der Waals surface area (Å²) in [5, 5.41) is 8.37. The number of aromatic carboxylic acids is 1. The van der Waals surface area contributed by atoms with Crippen LogP contribution < -0.4 is 5.43 Å². The van der Waals surface area contributed by atoms with Gasteiger partial charge in [-0.2, -0.15) is 0 Å². The smallest absolute Gasteiger partial charge is 0.371 e. The van der Waals surface area contributed by atoms with Gasteiger partial charge in [-0.1, -0.05) is 0 Å². The minimum absolute atomic E-state index is 0.325. The molecule has 0 aliphatic carbocycles. The van der Waals surface area contributed by atoms with Crippen molar-refractivity contribution < 1.29 is 14.3 Å². The number of hydrogen-bond donors (Lipinski definition) is 1. The van der Waals surface area contributed by atoms with Crippen molar-refractivity contribution >= 4 is 5.97 Å². The second-order valence-corrected chi connectivity index (χ2v) is 2.10. The van der Waals surface area contributed by atoms with Crippen molar-refractivity contribution in [1.29, 1.82) is 0 Å². The van der Waals surface area contributed by atoms with Gasteiger partial charge in [0.15, 0.2) is 5.43 Å². The van der Waals surface area contributed by atoms with E-state index in [0.29, 0.717) is 5.56 Å². The molecule has 0 unspecified atom stereocenters. The highest BCUT2D eigenvalue weighted by atomic mass is 16.4. The molecule has 1 heterocycles. The molecule has 0 atom stereocenters. The van der Waals surface area contributed by atoms with Crippen LogP contribution in [0.4, 0.5) is 0 Å². The summed E-state index contributed by atoms with van der Waals surface area (Å²) in [4.78, 5) is 21.1. The molecule has 0 fully saturated rings. The molecule has 1 aromatic rings.